The van der Waals surface area contributed by atoms with E-state index in [-0.39, 0.29) is 17.5 Å². The number of methoxy groups -OCH3 is 1. The number of hydrogen-bond donors (Lipinski definition) is 1. The lowest BCUT2D eigenvalue weighted by atomic mass is 9.71. The van der Waals surface area contributed by atoms with Gasteiger partial charge in [0, 0.05) is 12.6 Å². The summed E-state index contributed by atoms with van der Waals surface area (Å²) in [6.45, 7) is 6.37. The highest BCUT2D eigenvalue weighted by Gasteiger charge is 2.49. The zero-order valence-electron chi connectivity index (χ0n) is 13.6. The molecule has 2 aliphatic carbocycles. The third-order valence-electron chi connectivity index (χ3n) is 5.83. The number of rotatable bonds is 4. The zero-order chi connectivity index (χ0) is 15.0. The highest BCUT2D eigenvalue weighted by atomic mass is 16.5. The van der Waals surface area contributed by atoms with Crippen molar-refractivity contribution in [1.82, 2.24) is 5.32 Å². The Hall–Kier alpha value is -0.610. The van der Waals surface area contributed by atoms with Crippen LogP contribution in [0.25, 0.3) is 0 Å². The zero-order valence-corrected chi connectivity index (χ0v) is 13.6. The van der Waals surface area contributed by atoms with Gasteiger partial charge in [0.15, 0.2) is 0 Å². The van der Waals surface area contributed by atoms with Crippen LogP contribution in [0.4, 0.5) is 0 Å². The van der Waals surface area contributed by atoms with Crippen LogP contribution in [0, 0.1) is 23.7 Å². The second-order valence-electron chi connectivity index (χ2n) is 7.83. The van der Waals surface area contributed by atoms with Gasteiger partial charge in [0.05, 0.1) is 18.6 Å². The Kier molecular flexibility index (Phi) is 4.28. The third kappa shape index (κ3) is 3.26. The van der Waals surface area contributed by atoms with E-state index in [0.29, 0.717) is 12.0 Å². The molecular formula is C17H29NO3. The summed E-state index contributed by atoms with van der Waals surface area (Å²) in [5.74, 6) is 2.32. The lowest BCUT2D eigenvalue weighted by Crippen LogP contribution is -2.50. The van der Waals surface area contributed by atoms with Crippen LogP contribution in [0.15, 0.2) is 0 Å². The molecule has 1 aliphatic heterocycles. The molecule has 3 aliphatic rings. The molecule has 0 aromatic rings. The van der Waals surface area contributed by atoms with Crippen molar-refractivity contribution in [2.24, 2.45) is 23.7 Å². The Balaban J connectivity index is 1.43. The molecular weight excluding hydrogens is 266 g/mol. The molecule has 5 atom stereocenters. The summed E-state index contributed by atoms with van der Waals surface area (Å²) in [5, 5.41) is 3.77. The molecule has 120 valence electrons. The lowest BCUT2D eigenvalue weighted by molar-refractivity contribution is -0.145. The molecule has 3 fully saturated rings. The lowest BCUT2D eigenvalue weighted by Gasteiger charge is -2.43. The van der Waals surface area contributed by atoms with Gasteiger partial charge < -0.3 is 14.8 Å². The number of hydrogen-bond acceptors (Lipinski definition) is 4. The van der Waals surface area contributed by atoms with Crippen LogP contribution >= 0.6 is 0 Å². The van der Waals surface area contributed by atoms with E-state index in [2.05, 4.69) is 19.2 Å². The van der Waals surface area contributed by atoms with Crippen molar-refractivity contribution >= 4 is 5.97 Å². The fourth-order valence-electron chi connectivity index (χ4n) is 4.67. The van der Waals surface area contributed by atoms with Gasteiger partial charge in [-0.3, -0.25) is 4.79 Å². The number of nitrogens with one attached hydrogen (secondary N) is 1. The molecule has 1 saturated heterocycles. The predicted molar refractivity (Wildman–Crippen MR) is 80.9 cm³/mol. The van der Waals surface area contributed by atoms with Crippen LogP contribution in [0.1, 0.15) is 46.0 Å². The predicted octanol–water partition coefficient (Wildman–Crippen LogP) is 2.37. The van der Waals surface area contributed by atoms with Crippen molar-refractivity contribution in [3.63, 3.8) is 0 Å². The maximum atomic E-state index is 11.7. The summed E-state index contributed by atoms with van der Waals surface area (Å²) in [6, 6.07) is 0.621. The molecule has 0 bridgehead atoms. The molecule has 21 heavy (non-hydrogen) atoms. The van der Waals surface area contributed by atoms with E-state index in [1.807, 2.05) is 0 Å². The van der Waals surface area contributed by atoms with Crippen LogP contribution in [0.5, 0.6) is 0 Å². The Labute approximate surface area is 127 Å². The van der Waals surface area contributed by atoms with Crippen molar-refractivity contribution in [2.45, 2.75) is 57.6 Å². The van der Waals surface area contributed by atoms with E-state index < -0.39 is 0 Å². The van der Waals surface area contributed by atoms with Crippen molar-refractivity contribution < 1.29 is 14.3 Å². The molecule has 4 nitrogen and oxygen atoms in total. The van der Waals surface area contributed by atoms with E-state index in [9.17, 15) is 4.79 Å². The van der Waals surface area contributed by atoms with E-state index in [1.165, 1.54) is 20.0 Å². The van der Waals surface area contributed by atoms with Gasteiger partial charge >= 0.3 is 5.97 Å². The molecule has 3 rings (SSSR count). The first-order valence-corrected chi connectivity index (χ1v) is 8.43. The number of esters is 1. The smallest absolute Gasteiger partial charge is 0.308 e. The van der Waals surface area contributed by atoms with Crippen molar-refractivity contribution in [1.29, 1.82) is 0 Å². The molecule has 0 aromatic carbocycles. The molecule has 4 heteroatoms. The van der Waals surface area contributed by atoms with Crippen molar-refractivity contribution in [3.05, 3.63) is 0 Å². The van der Waals surface area contributed by atoms with Crippen LogP contribution in [-0.2, 0) is 14.3 Å². The van der Waals surface area contributed by atoms with Gasteiger partial charge in [-0.1, -0.05) is 0 Å². The Morgan fingerprint density at radius 2 is 2.14 bits per heavy atom. The SMILES string of the molecule is COC(=O)C1CC2CC(NCC3CCOC(C)(C)C3)C2C1. The molecule has 0 spiro atoms. The van der Waals surface area contributed by atoms with Gasteiger partial charge in [-0.05, 0) is 70.3 Å². The summed E-state index contributed by atoms with van der Waals surface area (Å²) in [7, 11) is 1.51. The summed E-state index contributed by atoms with van der Waals surface area (Å²) in [6.07, 6.45) is 5.62. The van der Waals surface area contributed by atoms with E-state index in [1.54, 1.807) is 0 Å². The maximum absolute atomic E-state index is 11.7. The third-order valence-corrected chi connectivity index (χ3v) is 5.83. The maximum Gasteiger partial charge on any atom is 0.308 e. The molecule has 0 aromatic heterocycles. The van der Waals surface area contributed by atoms with Gasteiger partial charge in [0.1, 0.15) is 0 Å². The summed E-state index contributed by atoms with van der Waals surface area (Å²) in [4.78, 5) is 11.7. The molecule has 2 saturated carbocycles. The van der Waals surface area contributed by atoms with Crippen LogP contribution < -0.4 is 5.32 Å². The van der Waals surface area contributed by atoms with Gasteiger partial charge in [0.2, 0.25) is 0 Å². The van der Waals surface area contributed by atoms with Crippen LogP contribution in [-0.4, -0.2) is 37.9 Å². The molecule has 0 amide bonds. The van der Waals surface area contributed by atoms with Crippen molar-refractivity contribution in [2.75, 3.05) is 20.3 Å². The fraction of sp³-hybridized carbons (Fsp3) is 0.941. The van der Waals surface area contributed by atoms with Gasteiger partial charge in [-0.2, -0.15) is 0 Å². The largest absolute Gasteiger partial charge is 0.469 e. The summed E-state index contributed by atoms with van der Waals surface area (Å²) >= 11 is 0. The number of fused-ring (bicyclic) bond motifs is 1. The number of carbonyl (C=O) groups is 1. The quantitative estimate of drug-likeness (QED) is 0.809. The van der Waals surface area contributed by atoms with Gasteiger partial charge in [-0.15, -0.1) is 0 Å². The van der Waals surface area contributed by atoms with Crippen LogP contribution in [0.2, 0.25) is 0 Å². The van der Waals surface area contributed by atoms with Gasteiger partial charge in [0.25, 0.3) is 0 Å². The first kappa shape index (κ1) is 15.3. The molecule has 1 heterocycles. The normalized spacial score (nSPS) is 41.2. The Morgan fingerprint density at radius 1 is 1.33 bits per heavy atom. The molecule has 5 unspecified atom stereocenters. The van der Waals surface area contributed by atoms with E-state index in [0.717, 1.165) is 44.2 Å². The van der Waals surface area contributed by atoms with Crippen molar-refractivity contribution in [3.8, 4) is 0 Å². The minimum atomic E-state index is -0.00525. The highest BCUT2D eigenvalue weighted by Crippen LogP contribution is 2.50. The highest BCUT2D eigenvalue weighted by molar-refractivity contribution is 5.72. The second-order valence-corrected chi connectivity index (χ2v) is 7.83. The monoisotopic (exact) mass is 295 g/mol. The first-order valence-electron chi connectivity index (χ1n) is 8.43. The average Bonchev–Trinajstić information content (AvgIpc) is 2.75. The van der Waals surface area contributed by atoms with Gasteiger partial charge in [-0.25, -0.2) is 0 Å². The molecule has 0 radical (unpaired) electrons. The first-order chi connectivity index (χ1) is 9.98. The summed E-state index contributed by atoms with van der Waals surface area (Å²) in [5.41, 5.74) is 0.0378. The molecule has 1 N–H and O–H groups in total. The standard InChI is InChI=1S/C17H29NO3/c1-17(2)9-11(4-5-21-17)10-18-15-8-12-6-13(7-14(12)15)16(19)20-3/h11-15,18H,4-10H2,1-3H3. The minimum Gasteiger partial charge on any atom is -0.469 e. The van der Waals surface area contributed by atoms with E-state index in [4.69, 9.17) is 9.47 Å². The fourth-order valence-corrected chi connectivity index (χ4v) is 4.67. The van der Waals surface area contributed by atoms with Crippen LogP contribution in [0.3, 0.4) is 0 Å². The number of carbonyl (C=O) groups excluding carboxylic acids is 1. The Bertz CT molecular complexity index is 395. The van der Waals surface area contributed by atoms with E-state index >= 15 is 0 Å². The number of ether oxygens (including phenoxy) is 2. The average molecular weight is 295 g/mol. The minimum absolute atomic E-state index is 0.00525. The Morgan fingerprint density at radius 3 is 2.86 bits per heavy atom. The second kappa shape index (κ2) is 5.88. The summed E-state index contributed by atoms with van der Waals surface area (Å²) < 4.78 is 10.7. The topological polar surface area (TPSA) is 47.6 Å².